The third kappa shape index (κ3) is 5.68. The summed E-state index contributed by atoms with van der Waals surface area (Å²) in [5.41, 5.74) is 0.428. The fraction of sp³-hybridized carbons (Fsp3) is 0.0500. The first-order chi connectivity index (χ1) is 15.0. The third-order valence-corrected chi connectivity index (χ3v) is 5.68. The molecule has 2 N–H and O–H groups in total. The van der Waals surface area contributed by atoms with Crippen LogP contribution >= 0.6 is 11.6 Å². The average Bonchev–Trinajstić information content (AvgIpc) is 2.72. The molecule has 0 unspecified atom stereocenters. The maximum atomic E-state index is 13.3. The Balaban J connectivity index is 1.69. The summed E-state index contributed by atoms with van der Waals surface area (Å²) in [4.78, 5) is 11.9. The fourth-order valence-corrected chi connectivity index (χ4v) is 3.82. The minimum atomic E-state index is -4.19. The van der Waals surface area contributed by atoms with Crippen LogP contribution in [0.1, 0.15) is 10.4 Å². The lowest BCUT2D eigenvalue weighted by atomic mass is 10.2. The van der Waals surface area contributed by atoms with E-state index in [1.807, 2.05) is 0 Å². The van der Waals surface area contributed by atoms with Gasteiger partial charge in [0.05, 0.1) is 9.92 Å². The quantitative estimate of drug-likeness (QED) is 0.444. The van der Waals surface area contributed by atoms with Gasteiger partial charge in [0, 0.05) is 16.9 Å². The highest BCUT2D eigenvalue weighted by atomic mass is 35.5. The Morgan fingerprint density at radius 2 is 1.56 bits per heavy atom. The van der Waals surface area contributed by atoms with E-state index in [1.165, 1.54) is 42.5 Å². The van der Waals surface area contributed by atoms with Crippen molar-refractivity contribution in [1.29, 1.82) is 0 Å². The van der Waals surface area contributed by atoms with Gasteiger partial charge in [-0.05, 0) is 60.7 Å². The molecule has 3 aromatic rings. The van der Waals surface area contributed by atoms with Gasteiger partial charge in [-0.1, -0.05) is 11.6 Å². The summed E-state index contributed by atoms with van der Waals surface area (Å²) in [5, 5.41) is 2.37. The Kier molecular flexibility index (Phi) is 6.90. The van der Waals surface area contributed by atoms with Crippen LogP contribution in [-0.4, -0.2) is 20.9 Å². The molecule has 0 bridgehead atoms. The summed E-state index contributed by atoms with van der Waals surface area (Å²) in [5.74, 6) is -3.33. The highest BCUT2D eigenvalue weighted by Gasteiger charge is 2.17. The molecular formula is C20H13ClF4N2O4S. The zero-order chi connectivity index (χ0) is 23.5. The number of ether oxygens (including phenoxy) is 1. The second-order valence-corrected chi connectivity index (χ2v) is 8.33. The van der Waals surface area contributed by atoms with E-state index in [1.54, 1.807) is 0 Å². The number of nitrogens with one attached hydrogen (secondary N) is 2. The van der Waals surface area contributed by atoms with Crippen LogP contribution in [-0.2, 0) is 10.0 Å². The molecule has 0 aliphatic carbocycles. The number of carbonyl (C=O) groups is 1. The van der Waals surface area contributed by atoms with Gasteiger partial charge in [0.25, 0.3) is 15.9 Å². The van der Waals surface area contributed by atoms with Crippen molar-refractivity contribution in [2.24, 2.45) is 0 Å². The van der Waals surface area contributed by atoms with Crippen LogP contribution in [0.15, 0.2) is 65.6 Å². The molecule has 12 heteroatoms. The van der Waals surface area contributed by atoms with Crippen molar-refractivity contribution in [2.45, 2.75) is 11.5 Å². The predicted molar refractivity (Wildman–Crippen MR) is 110 cm³/mol. The Morgan fingerprint density at radius 3 is 2.16 bits per heavy atom. The molecular weight excluding hydrogens is 476 g/mol. The highest BCUT2D eigenvalue weighted by Crippen LogP contribution is 2.29. The lowest BCUT2D eigenvalue weighted by molar-refractivity contribution is -0.0497. The zero-order valence-corrected chi connectivity index (χ0v) is 17.4. The smallest absolute Gasteiger partial charge is 0.387 e. The van der Waals surface area contributed by atoms with Crippen molar-refractivity contribution in [2.75, 3.05) is 10.0 Å². The van der Waals surface area contributed by atoms with Gasteiger partial charge >= 0.3 is 6.61 Å². The second-order valence-electron chi connectivity index (χ2n) is 6.24. The number of halogens is 5. The second kappa shape index (κ2) is 9.45. The molecule has 0 spiro atoms. The molecule has 1 amide bonds. The van der Waals surface area contributed by atoms with Crippen molar-refractivity contribution in [1.82, 2.24) is 0 Å². The Bertz CT molecular complexity index is 1250. The molecule has 0 aliphatic heterocycles. The molecule has 6 nitrogen and oxygen atoms in total. The number of anilines is 2. The number of amides is 1. The normalized spacial score (nSPS) is 11.3. The van der Waals surface area contributed by atoms with Crippen LogP contribution in [0.5, 0.6) is 5.75 Å². The first-order valence-corrected chi connectivity index (χ1v) is 10.5. The van der Waals surface area contributed by atoms with Crippen molar-refractivity contribution >= 4 is 38.9 Å². The third-order valence-electron chi connectivity index (χ3n) is 4.01. The van der Waals surface area contributed by atoms with E-state index in [0.29, 0.717) is 12.1 Å². The van der Waals surface area contributed by atoms with E-state index in [2.05, 4.69) is 14.8 Å². The summed E-state index contributed by atoms with van der Waals surface area (Å²) in [6.45, 7) is -3.05. The van der Waals surface area contributed by atoms with E-state index >= 15 is 0 Å². The van der Waals surface area contributed by atoms with Crippen molar-refractivity contribution in [3.8, 4) is 5.75 Å². The minimum Gasteiger partial charge on any atom is -0.433 e. The molecule has 0 radical (unpaired) electrons. The standard InChI is InChI=1S/C20H13ClF4N2O4S/c21-15-9-13(5-8-18(15)31-20(24)25)26-19(28)11-1-3-12(4-2-11)27-32(29,30)14-6-7-16(22)17(23)10-14/h1-10,20,27H,(H,26,28). The maximum Gasteiger partial charge on any atom is 0.387 e. The van der Waals surface area contributed by atoms with E-state index in [9.17, 15) is 30.8 Å². The van der Waals surface area contributed by atoms with Crippen LogP contribution in [0, 0.1) is 11.6 Å². The molecule has 32 heavy (non-hydrogen) atoms. The first-order valence-electron chi connectivity index (χ1n) is 8.69. The maximum absolute atomic E-state index is 13.3. The Labute approximate surface area is 184 Å². The average molecular weight is 489 g/mol. The molecule has 0 aliphatic rings. The number of carbonyl (C=O) groups excluding carboxylic acids is 1. The van der Waals surface area contributed by atoms with Gasteiger partial charge in [-0.3, -0.25) is 9.52 Å². The number of benzene rings is 3. The number of alkyl halides is 2. The molecule has 0 heterocycles. The molecule has 0 saturated heterocycles. The van der Waals surface area contributed by atoms with Gasteiger partial charge < -0.3 is 10.1 Å². The number of sulfonamides is 1. The van der Waals surface area contributed by atoms with E-state index in [4.69, 9.17) is 11.6 Å². The predicted octanol–water partition coefficient (Wildman–Crippen LogP) is 5.27. The number of hydrogen-bond donors (Lipinski definition) is 2. The van der Waals surface area contributed by atoms with Crippen molar-refractivity contribution < 1.29 is 35.5 Å². The van der Waals surface area contributed by atoms with Gasteiger partial charge in [0.2, 0.25) is 0 Å². The Morgan fingerprint density at radius 1 is 0.906 bits per heavy atom. The molecule has 168 valence electrons. The van der Waals surface area contributed by atoms with Crippen LogP contribution in [0.2, 0.25) is 5.02 Å². The zero-order valence-electron chi connectivity index (χ0n) is 15.8. The van der Waals surface area contributed by atoms with Crippen LogP contribution in [0.4, 0.5) is 28.9 Å². The van der Waals surface area contributed by atoms with E-state index in [0.717, 1.165) is 6.07 Å². The number of hydrogen-bond acceptors (Lipinski definition) is 4. The van der Waals surface area contributed by atoms with Gasteiger partial charge in [-0.25, -0.2) is 17.2 Å². The molecule has 0 saturated carbocycles. The summed E-state index contributed by atoms with van der Waals surface area (Å²) in [7, 11) is -4.19. The molecule has 3 aromatic carbocycles. The minimum absolute atomic E-state index is 0.0721. The SMILES string of the molecule is O=C(Nc1ccc(OC(F)F)c(Cl)c1)c1ccc(NS(=O)(=O)c2ccc(F)c(F)c2)cc1. The summed E-state index contributed by atoms with van der Waals surface area (Å²) in [6.07, 6.45) is 0. The summed E-state index contributed by atoms with van der Waals surface area (Å²) in [6, 6.07) is 11.1. The van der Waals surface area contributed by atoms with Gasteiger partial charge in [-0.2, -0.15) is 8.78 Å². The largest absolute Gasteiger partial charge is 0.433 e. The fourth-order valence-electron chi connectivity index (χ4n) is 2.52. The van der Waals surface area contributed by atoms with Gasteiger partial charge in [0.1, 0.15) is 5.75 Å². The topological polar surface area (TPSA) is 84.5 Å². The van der Waals surface area contributed by atoms with Gasteiger partial charge in [0.15, 0.2) is 11.6 Å². The lowest BCUT2D eigenvalue weighted by Crippen LogP contribution is -2.14. The summed E-state index contributed by atoms with van der Waals surface area (Å²) >= 11 is 5.84. The van der Waals surface area contributed by atoms with Crippen molar-refractivity contribution in [3.05, 3.63) is 82.9 Å². The molecule has 0 fully saturated rings. The first kappa shape index (κ1) is 23.4. The molecule has 3 rings (SSSR count). The number of rotatable bonds is 7. The van der Waals surface area contributed by atoms with Gasteiger partial charge in [-0.15, -0.1) is 0 Å². The van der Waals surface area contributed by atoms with E-state index < -0.39 is 39.1 Å². The Hall–Kier alpha value is -3.31. The molecule has 0 aromatic heterocycles. The van der Waals surface area contributed by atoms with Crippen LogP contribution in [0.25, 0.3) is 0 Å². The lowest BCUT2D eigenvalue weighted by Gasteiger charge is -2.11. The highest BCUT2D eigenvalue weighted by molar-refractivity contribution is 7.92. The monoisotopic (exact) mass is 488 g/mol. The summed E-state index contributed by atoms with van der Waals surface area (Å²) < 4.78 is 81.9. The van der Waals surface area contributed by atoms with E-state index in [-0.39, 0.29) is 27.7 Å². The van der Waals surface area contributed by atoms with Crippen LogP contribution < -0.4 is 14.8 Å². The van der Waals surface area contributed by atoms with Crippen LogP contribution in [0.3, 0.4) is 0 Å². The molecule has 0 atom stereocenters. The van der Waals surface area contributed by atoms with Crippen molar-refractivity contribution in [3.63, 3.8) is 0 Å².